The van der Waals surface area contributed by atoms with Gasteiger partial charge in [-0.25, -0.2) is 9.37 Å². The van der Waals surface area contributed by atoms with Crippen molar-refractivity contribution in [1.29, 1.82) is 0 Å². The normalized spacial score (nSPS) is 10.8. The first-order chi connectivity index (χ1) is 12.5. The van der Waals surface area contributed by atoms with Gasteiger partial charge in [-0.3, -0.25) is 4.79 Å². The van der Waals surface area contributed by atoms with Crippen LogP contribution < -0.4 is 14.8 Å². The highest BCUT2D eigenvalue weighted by molar-refractivity contribution is 6.32. The fourth-order valence-corrected chi connectivity index (χ4v) is 3.11. The number of halogens is 2. The first-order valence-electron chi connectivity index (χ1n) is 7.74. The van der Waals surface area contributed by atoms with Crippen molar-refractivity contribution in [1.82, 2.24) is 14.9 Å². The number of imidazole rings is 1. The number of amides is 1. The maximum atomic E-state index is 14.0. The van der Waals surface area contributed by atoms with Crippen LogP contribution in [-0.4, -0.2) is 29.7 Å². The van der Waals surface area contributed by atoms with Crippen molar-refractivity contribution in [2.24, 2.45) is 7.05 Å². The van der Waals surface area contributed by atoms with Crippen LogP contribution in [0.25, 0.3) is 11.0 Å². The molecule has 0 saturated heterocycles. The summed E-state index contributed by atoms with van der Waals surface area (Å²) in [7, 11) is 4.73. The lowest BCUT2D eigenvalue weighted by atomic mass is 10.1. The number of carbonyl (C=O) groups excluding carboxylic acids is 1. The number of ether oxygens (including phenoxy) is 2. The lowest BCUT2D eigenvalue weighted by Gasteiger charge is -2.13. The van der Waals surface area contributed by atoms with Crippen molar-refractivity contribution < 1.29 is 18.7 Å². The molecule has 6 nitrogen and oxygen atoms in total. The predicted molar refractivity (Wildman–Crippen MR) is 96.4 cm³/mol. The van der Waals surface area contributed by atoms with Crippen LogP contribution in [-0.2, 0) is 13.6 Å². The lowest BCUT2D eigenvalue weighted by Crippen LogP contribution is -2.23. The Morgan fingerprint density at radius 3 is 2.73 bits per heavy atom. The molecule has 0 aliphatic heterocycles. The number of fused-ring (bicyclic) bond motifs is 1. The molecule has 0 saturated carbocycles. The molecule has 136 valence electrons. The van der Waals surface area contributed by atoms with Crippen LogP contribution in [0.5, 0.6) is 11.5 Å². The van der Waals surface area contributed by atoms with Gasteiger partial charge in [-0.2, -0.15) is 0 Å². The number of benzene rings is 2. The van der Waals surface area contributed by atoms with E-state index in [1.165, 1.54) is 13.2 Å². The molecule has 1 N–H and O–H groups in total. The van der Waals surface area contributed by atoms with Gasteiger partial charge in [-0.15, -0.1) is 0 Å². The molecule has 0 aliphatic rings. The van der Waals surface area contributed by atoms with E-state index in [9.17, 15) is 9.18 Å². The second-order valence-electron chi connectivity index (χ2n) is 5.63. The molecule has 0 radical (unpaired) electrons. The van der Waals surface area contributed by atoms with E-state index in [0.717, 1.165) is 22.7 Å². The fourth-order valence-electron chi connectivity index (χ4n) is 2.83. The summed E-state index contributed by atoms with van der Waals surface area (Å²) >= 11 is 5.95. The number of nitrogens with zero attached hydrogens (tertiary/aromatic N) is 2. The number of carbonyl (C=O) groups is 1. The van der Waals surface area contributed by atoms with Crippen LogP contribution in [0.1, 0.15) is 15.9 Å². The topological polar surface area (TPSA) is 65.4 Å². The van der Waals surface area contributed by atoms with Gasteiger partial charge in [0.1, 0.15) is 5.75 Å². The minimum atomic E-state index is -0.698. The summed E-state index contributed by atoms with van der Waals surface area (Å²) in [4.78, 5) is 16.7. The van der Waals surface area contributed by atoms with Gasteiger partial charge < -0.3 is 19.4 Å². The minimum Gasteiger partial charge on any atom is -0.496 e. The summed E-state index contributed by atoms with van der Waals surface area (Å²) < 4.78 is 26.1. The fraction of sp³-hybridized carbons (Fsp3) is 0.222. The molecule has 0 aliphatic carbocycles. The molecule has 1 amide bonds. The van der Waals surface area contributed by atoms with E-state index in [-0.39, 0.29) is 22.9 Å². The molecule has 26 heavy (non-hydrogen) atoms. The van der Waals surface area contributed by atoms with Crippen molar-refractivity contribution >= 4 is 28.5 Å². The van der Waals surface area contributed by atoms with E-state index in [1.807, 2.05) is 17.7 Å². The Kier molecular flexibility index (Phi) is 4.99. The van der Waals surface area contributed by atoms with E-state index in [2.05, 4.69) is 10.3 Å². The summed E-state index contributed by atoms with van der Waals surface area (Å²) in [6.45, 7) is 0.185. The quantitative estimate of drug-likeness (QED) is 0.740. The molecule has 1 heterocycles. The Balaban J connectivity index is 1.89. The summed E-state index contributed by atoms with van der Waals surface area (Å²) in [5.74, 6) is -0.629. The lowest BCUT2D eigenvalue weighted by molar-refractivity contribution is 0.0950. The van der Waals surface area contributed by atoms with Crippen LogP contribution in [0, 0.1) is 5.82 Å². The standard InChI is InChI=1S/C18H17ClFN3O3/c1-23-9-22-14-4-5-15(25-2)11(16(14)23)8-21-18(24)10-6-12(19)17(26-3)13(20)7-10/h4-7,9H,8H2,1-3H3,(H,21,24). The van der Waals surface area contributed by atoms with Gasteiger partial charge in [-0.05, 0) is 24.3 Å². The predicted octanol–water partition coefficient (Wildman–Crippen LogP) is 3.31. The van der Waals surface area contributed by atoms with Crippen molar-refractivity contribution in [3.8, 4) is 11.5 Å². The zero-order valence-electron chi connectivity index (χ0n) is 14.5. The maximum Gasteiger partial charge on any atom is 0.251 e. The number of aromatic nitrogens is 2. The number of hydrogen-bond acceptors (Lipinski definition) is 4. The molecule has 0 spiro atoms. The van der Waals surface area contributed by atoms with Gasteiger partial charge in [0.15, 0.2) is 11.6 Å². The largest absolute Gasteiger partial charge is 0.496 e. The first-order valence-corrected chi connectivity index (χ1v) is 8.12. The second kappa shape index (κ2) is 7.21. The van der Waals surface area contributed by atoms with Gasteiger partial charge >= 0.3 is 0 Å². The van der Waals surface area contributed by atoms with Crippen LogP contribution in [0.2, 0.25) is 5.02 Å². The van der Waals surface area contributed by atoms with Crippen molar-refractivity contribution in [3.05, 3.63) is 52.6 Å². The Hall–Kier alpha value is -2.80. The zero-order chi connectivity index (χ0) is 18.8. The summed E-state index contributed by atoms with van der Waals surface area (Å²) in [6, 6.07) is 6.08. The molecule has 0 atom stereocenters. The van der Waals surface area contributed by atoms with Crippen molar-refractivity contribution in [2.75, 3.05) is 14.2 Å². The van der Waals surface area contributed by atoms with Gasteiger partial charge in [0.2, 0.25) is 0 Å². The Morgan fingerprint density at radius 1 is 1.31 bits per heavy atom. The molecular formula is C18H17ClFN3O3. The molecule has 0 fully saturated rings. The molecule has 0 unspecified atom stereocenters. The third-order valence-electron chi connectivity index (χ3n) is 4.05. The average molecular weight is 378 g/mol. The third kappa shape index (κ3) is 3.17. The molecular weight excluding hydrogens is 361 g/mol. The van der Waals surface area contributed by atoms with Gasteiger partial charge in [0.25, 0.3) is 5.91 Å². The van der Waals surface area contributed by atoms with Crippen LogP contribution in [0.4, 0.5) is 4.39 Å². The molecule has 8 heteroatoms. The Labute approximate surface area is 154 Å². The van der Waals surface area contributed by atoms with Crippen molar-refractivity contribution in [2.45, 2.75) is 6.54 Å². The van der Waals surface area contributed by atoms with Crippen molar-refractivity contribution in [3.63, 3.8) is 0 Å². The monoisotopic (exact) mass is 377 g/mol. The van der Waals surface area contributed by atoms with Crippen LogP contribution in [0.3, 0.4) is 0 Å². The molecule has 0 bridgehead atoms. The Bertz CT molecular complexity index is 964. The summed E-state index contributed by atoms with van der Waals surface area (Å²) in [5, 5.41) is 2.80. The van der Waals surface area contributed by atoms with E-state index in [1.54, 1.807) is 19.5 Å². The Morgan fingerprint density at radius 2 is 2.08 bits per heavy atom. The number of nitrogens with one attached hydrogen (secondary N) is 1. The van der Waals surface area contributed by atoms with Gasteiger partial charge in [-0.1, -0.05) is 11.6 Å². The molecule has 3 aromatic rings. The summed E-state index contributed by atoms with van der Waals surface area (Å²) in [6.07, 6.45) is 1.69. The first kappa shape index (κ1) is 18.0. The number of hydrogen-bond donors (Lipinski definition) is 1. The average Bonchev–Trinajstić information content (AvgIpc) is 3.00. The van der Waals surface area contributed by atoms with Gasteiger partial charge in [0.05, 0.1) is 36.6 Å². The SMILES string of the molecule is COc1ccc2ncn(C)c2c1CNC(=O)c1cc(F)c(OC)c(Cl)c1. The third-order valence-corrected chi connectivity index (χ3v) is 4.33. The zero-order valence-corrected chi connectivity index (χ0v) is 15.2. The van der Waals surface area contributed by atoms with E-state index in [4.69, 9.17) is 21.1 Å². The number of methoxy groups -OCH3 is 2. The van der Waals surface area contributed by atoms with E-state index < -0.39 is 11.7 Å². The second-order valence-corrected chi connectivity index (χ2v) is 6.03. The van der Waals surface area contributed by atoms with Gasteiger partial charge in [0, 0.05) is 24.7 Å². The molecule has 2 aromatic carbocycles. The highest BCUT2D eigenvalue weighted by Gasteiger charge is 2.17. The highest BCUT2D eigenvalue weighted by atomic mass is 35.5. The maximum absolute atomic E-state index is 14.0. The molecule has 3 rings (SSSR count). The minimum absolute atomic E-state index is 0.0315. The highest BCUT2D eigenvalue weighted by Crippen LogP contribution is 2.29. The van der Waals surface area contributed by atoms with Crippen LogP contribution >= 0.6 is 11.6 Å². The number of rotatable bonds is 5. The smallest absolute Gasteiger partial charge is 0.251 e. The van der Waals surface area contributed by atoms with E-state index >= 15 is 0 Å². The summed E-state index contributed by atoms with van der Waals surface area (Å²) in [5.41, 5.74) is 2.52. The number of aryl methyl sites for hydroxylation is 1. The molecule has 1 aromatic heterocycles. The van der Waals surface area contributed by atoms with E-state index in [0.29, 0.717) is 5.75 Å². The van der Waals surface area contributed by atoms with Crippen LogP contribution in [0.15, 0.2) is 30.6 Å².